The second kappa shape index (κ2) is 12.1. The highest BCUT2D eigenvalue weighted by molar-refractivity contribution is 6.08. The summed E-state index contributed by atoms with van der Waals surface area (Å²) in [6, 6.07) is 17.5. The van der Waals surface area contributed by atoms with E-state index in [1.54, 1.807) is 43.5 Å². The van der Waals surface area contributed by atoms with E-state index in [1.807, 2.05) is 44.2 Å². The highest BCUT2D eigenvalue weighted by atomic mass is 16.5. The Kier molecular flexibility index (Phi) is 8.43. The van der Waals surface area contributed by atoms with Crippen molar-refractivity contribution in [3.05, 3.63) is 94.6 Å². The Hall–Kier alpha value is -4.59. The monoisotopic (exact) mass is 514 g/mol. The summed E-state index contributed by atoms with van der Waals surface area (Å²) in [6.07, 6.45) is 3.04. The third kappa shape index (κ3) is 6.21. The Morgan fingerprint density at radius 3 is 2.37 bits per heavy atom. The SMILES string of the molecule is COc1c(C)c2c(c(NC(=O)Nc3ccccc3)c1C/C=C(\C)CCC(=O)Oc1ccccc1)C(=O)OC2. The second-order valence-electron chi connectivity index (χ2n) is 8.93. The van der Waals surface area contributed by atoms with Gasteiger partial charge in [-0.3, -0.25) is 4.79 Å². The zero-order valence-corrected chi connectivity index (χ0v) is 21.6. The lowest BCUT2D eigenvalue weighted by Crippen LogP contribution is -2.22. The van der Waals surface area contributed by atoms with Crippen molar-refractivity contribution in [2.75, 3.05) is 17.7 Å². The molecule has 3 aromatic carbocycles. The van der Waals surface area contributed by atoms with Gasteiger partial charge in [-0.2, -0.15) is 0 Å². The molecular formula is C30H30N2O6. The number of hydrogen-bond donors (Lipinski definition) is 2. The molecule has 2 amide bonds. The molecule has 0 aliphatic carbocycles. The number of anilines is 2. The van der Waals surface area contributed by atoms with Crippen LogP contribution in [0.1, 0.15) is 46.8 Å². The third-order valence-electron chi connectivity index (χ3n) is 6.30. The lowest BCUT2D eigenvalue weighted by molar-refractivity contribution is -0.134. The number of urea groups is 1. The van der Waals surface area contributed by atoms with Gasteiger partial charge in [0.05, 0.1) is 18.4 Å². The summed E-state index contributed by atoms with van der Waals surface area (Å²) in [5.74, 6) is 0.266. The number of benzene rings is 3. The van der Waals surface area contributed by atoms with E-state index in [0.29, 0.717) is 52.4 Å². The maximum absolute atomic E-state index is 12.9. The highest BCUT2D eigenvalue weighted by Gasteiger charge is 2.32. The first kappa shape index (κ1) is 26.5. The van der Waals surface area contributed by atoms with Crippen molar-refractivity contribution in [2.45, 2.75) is 39.7 Å². The van der Waals surface area contributed by atoms with Crippen LogP contribution in [0.15, 0.2) is 72.3 Å². The van der Waals surface area contributed by atoms with Crippen LogP contribution in [0.4, 0.5) is 16.2 Å². The summed E-state index contributed by atoms with van der Waals surface area (Å²) in [4.78, 5) is 37.9. The number of ether oxygens (including phenoxy) is 3. The minimum Gasteiger partial charge on any atom is -0.496 e. The van der Waals surface area contributed by atoms with Gasteiger partial charge in [0.15, 0.2) is 0 Å². The van der Waals surface area contributed by atoms with Crippen LogP contribution in [0.3, 0.4) is 0 Å². The number of cyclic esters (lactones) is 1. The summed E-state index contributed by atoms with van der Waals surface area (Å²) in [6.45, 7) is 3.91. The van der Waals surface area contributed by atoms with Gasteiger partial charge < -0.3 is 24.8 Å². The lowest BCUT2D eigenvalue weighted by Gasteiger charge is -2.20. The highest BCUT2D eigenvalue weighted by Crippen LogP contribution is 2.41. The van der Waals surface area contributed by atoms with E-state index in [1.165, 1.54) is 0 Å². The summed E-state index contributed by atoms with van der Waals surface area (Å²) in [7, 11) is 1.56. The number of esters is 2. The normalized spacial score (nSPS) is 12.4. The fourth-order valence-electron chi connectivity index (χ4n) is 4.34. The van der Waals surface area contributed by atoms with Gasteiger partial charge in [0.2, 0.25) is 0 Å². The molecule has 1 aliphatic heterocycles. The van der Waals surface area contributed by atoms with E-state index in [9.17, 15) is 14.4 Å². The molecule has 1 heterocycles. The molecule has 0 saturated carbocycles. The van der Waals surface area contributed by atoms with Crippen molar-refractivity contribution in [3.8, 4) is 11.5 Å². The Labute approximate surface area is 221 Å². The molecule has 0 unspecified atom stereocenters. The first-order chi connectivity index (χ1) is 18.4. The number of fused-ring (bicyclic) bond motifs is 1. The topological polar surface area (TPSA) is 103 Å². The average molecular weight is 515 g/mol. The fourth-order valence-corrected chi connectivity index (χ4v) is 4.34. The summed E-state index contributed by atoms with van der Waals surface area (Å²) >= 11 is 0. The molecule has 38 heavy (non-hydrogen) atoms. The van der Waals surface area contributed by atoms with Crippen molar-refractivity contribution in [3.63, 3.8) is 0 Å². The molecule has 0 spiro atoms. The van der Waals surface area contributed by atoms with Crippen LogP contribution in [0.2, 0.25) is 0 Å². The number of amides is 2. The van der Waals surface area contributed by atoms with Crippen molar-refractivity contribution >= 4 is 29.3 Å². The predicted molar refractivity (Wildman–Crippen MR) is 145 cm³/mol. The smallest absolute Gasteiger partial charge is 0.341 e. The molecule has 4 rings (SSSR count). The van der Waals surface area contributed by atoms with Crippen LogP contribution in [0, 0.1) is 6.92 Å². The molecular weight excluding hydrogens is 484 g/mol. The molecule has 0 bridgehead atoms. The molecule has 0 aromatic heterocycles. The zero-order chi connectivity index (χ0) is 27.1. The number of allylic oxidation sites excluding steroid dienone is 2. The third-order valence-corrected chi connectivity index (χ3v) is 6.30. The first-order valence-electron chi connectivity index (χ1n) is 12.3. The minimum absolute atomic E-state index is 0.115. The van der Waals surface area contributed by atoms with E-state index in [-0.39, 0.29) is 19.0 Å². The molecule has 3 aromatic rings. The van der Waals surface area contributed by atoms with Gasteiger partial charge in [0, 0.05) is 23.2 Å². The number of carbonyl (C=O) groups is 3. The molecule has 196 valence electrons. The standard InChI is InChI=1S/C30H30N2O6/c1-19(15-17-25(33)38-22-12-8-5-9-13-22)14-16-23-27(32-30(35)31-21-10-6-4-7-11-21)26-24(18-37-29(26)34)20(2)28(23)36-3/h4-14H,15-18H2,1-3H3,(H2,31,32,35)/b19-14+. The van der Waals surface area contributed by atoms with Crippen molar-refractivity contribution in [1.82, 2.24) is 0 Å². The molecule has 0 atom stereocenters. The number of carbonyl (C=O) groups excluding carboxylic acids is 3. The molecule has 8 heteroatoms. The molecule has 0 fully saturated rings. The second-order valence-corrected chi connectivity index (χ2v) is 8.93. The van der Waals surface area contributed by atoms with Crippen LogP contribution in [0.25, 0.3) is 0 Å². The van der Waals surface area contributed by atoms with E-state index in [2.05, 4.69) is 10.6 Å². The van der Waals surface area contributed by atoms with E-state index >= 15 is 0 Å². The molecule has 0 radical (unpaired) electrons. The number of methoxy groups -OCH3 is 1. The van der Waals surface area contributed by atoms with Crippen LogP contribution in [-0.2, 0) is 22.6 Å². The largest absolute Gasteiger partial charge is 0.496 e. The quantitative estimate of drug-likeness (QED) is 0.200. The first-order valence-corrected chi connectivity index (χ1v) is 12.3. The van der Waals surface area contributed by atoms with Gasteiger partial charge >= 0.3 is 18.0 Å². The van der Waals surface area contributed by atoms with Crippen LogP contribution in [0.5, 0.6) is 11.5 Å². The Morgan fingerprint density at radius 2 is 1.68 bits per heavy atom. The van der Waals surface area contributed by atoms with Crippen LogP contribution in [-0.4, -0.2) is 25.1 Å². The maximum atomic E-state index is 12.9. The van der Waals surface area contributed by atoms with E-state index < -0.39 is 12.0 Å². The number of nitrogens with one attached hydrogen (secondary N) is 2. The molecule has 2 N–H and O–H groups in total. The average Bonchev–Trinajstić information content (AvgIpc) is 3.31. The van der Waals surface area contributed by atoms with Gasteiger partial charge in [-0.05, 0) is 56.5 Å². The van der Waals surface area contributed by atoms with E-state index in [0.717, 1.165) is 11.1 Å². The fraction of sp³-hybridized carbons (Fsp3) is 0.233. The van der Waals surface area contributed by atoms with Gasteiger partial charge in [0.25, 0.3) is 0 Å². The minimum atomic E-state index is -0.494. The summed E-state index contributed by atoms with van der Waals surface area (Å²) < 4.78 is 16.4. The van der Waals surface area contributed by atoms with Crippen LogP contribution >= 0.6 is 0 Å². The molecule has 1 aliphatic rings. The van der Waals surface area contributed by atoms with Crippen LogP contribution < -0.4 is 20.1 Å². The lowest BCUT2D eigenvalue weighted by atomic mass is 9.93. The molecule has 8 nitrogen and oxygen atoms in total. The Balaban J connectivity index is 1.55. The zero-order valence-electron chi connectivity index (χ0n) is 21.6. The van der Waals surface area contributed by atoms with Crippen molar-refractivity contribution < 1.29 is 28.6 Å². The maximum Gasteiger partial charge on any atom is 0.341 e. The van der Waals surface area contributed by atoms with Gasteiger partial charge in [-0.25, -0.2) is 9.59 Å². The predicted octanol–water partition coefficient (Wildman–Crippen LogP) is 6.19. The molecule has 0 saturated heterocycles. The summed E-state index contributed by atoms with van der Waals surface area (Å²) in [5.41, 5.74) is 4.38. The van der Waals surface area contributed by atoms with Gasteiger partial charge in [-0.1, -0.05) is 48.0 Å². The van der Waals surface area contributed by atoms with Crippen molar-refractivity contribution in [2.24, 2.45) is 0 Å². The number of para-hydroxylation sites is 2. The van der Waals surface area contributed by atoms with E-state index in [4.69, 9.17) is 14.2 Å². The Morgan fingerprint density at radius 1 is 1.00 bits per heavy atom. The van der Waals surface area contributed by atoms with Gasteiger partial charge in [0.1, 0.15) is 18.1 Å². The Bertz CT molecular complexity index is 1370. The summed E-state index contributed by atoms with van der Waals surface area (Å²) in [5, 5.41) is 5.64. The number of rotatable bonds is 9. The van der Waals surface area contributed by atoms with Crippen molar-refractivity contribution in [1.29, 1.82) is 0 Å². The number of hydrogen-bond acceptors (Lipinski definition) is 6. The van der Waals surface area contributed by atoms with Gasteiger partial charge in [-0.15, -0.1) is 0 Å².